The van der Waals surface area contributed by atoms with Crippen LogP contribution in [0.5, 0.6) is 0 Å². The summed E-state index contributed by atoms with van der Waals surface area (Å²) in [5.41, 5.74) is -0.243. The Balaban J connectivity index is 2.98. The van der Waals surface area contributed by atoms with E-state index in [1.807, 2.05) is 0 Å². The van der Waals surface area contributed by atoms with Gasteiger partial charge in [-0.15, -0.1) is 0 Å². The van der Waals surface area contributed by atoms with E-state index in [2.05, 4.69) is 31.9 Å². The Bertz CT molecular complexity index is 469. The van der Waals surface area contributed by atoms with E-state index in [0.717, 1.165) is 12.1 Å². The first kappa shape index (κ1) is 16.7. The van der Waals surface area contributed by atoms with E-state index in [1.54, 1.807) is 13.8 Å². The van der Waals surface area contributed by atoms with Crippen LogP contribution in [0, 0.1) is 5.92 Å². The molecule has 0 saturated carbocycles. The van der Waals surface area contributed by atoms with Crippen LogP contribution in [0.4, 0.5) is 13.2 Å². The lowest BCUT2D eigenvalue weighted by Crippen LogP contribution is -2.22. The molecule has 0 amide bonds. The van der Waals surface area contributed by atoms with Gasteiger partial charge in [0.2, 0.25) is 0 Å². The number of carbonyl (C=O) groups is 1. The van der Waals surface area contributed by atoms with Crippen LogP contribution in [-0.4, -0.2) is 10.6 Å². The summed E-state index contributed by atoms with van der Waals surface area (Å²) in [5, 5.41) is 0. The van der Waals surface area contributed by atoms with Crippen molar-refractivity contribution in [3.8, 4) is 0 Å². The minimum Gasteiger partial charge on any atom is -0.298 e. The number of hydrogen-bond donors (Lipinski definition) is 0. The molecule has 0 bridgehead atoms. The first-order valence-corrected chi connectivity index (χ1v) is 7.37. The largest absolute Gasteiger partial charge is 0.416 e. The van der Waals surface area contributed by atoms with Gasteiger partial charge < -0.3 is 0 Å². The maximum absolute atomic E-state index is 12.6. The lowest BCUT2D eigenvalue weighted by Gasteiger charge is -2.14. The molecule has 1 aromatic rings. The second-order valence-corrected chi connectivity index (χ2v) is 6.49. The zero-order valence-corrected chi connectivity index (χ0v) is 13.6. The molecule has 0 aromatic heterocycles. The van der Waals surface area contributed by atoms with Gasteiger partial charge in [-0.2, -0.15) is 13.2 Å². The number of benzene rings is 1. The maximum atomic E-state index is 12.6. The van der Waals surface area contributed by atoms with Gasteiger partial charge >= 0.3 is 6.18 Å². The highest BCUT2D eigenvalue weighted by Crippen LogP contribution is 2.32. The van der Waals surface area contributed by atoms with Gasteiger partial charge in [0, 0.05) is 10.4 Å². The Labute approximate surface area is 126 Å². The van der Waals surface area contributed by atoms with Gasteiger partial charge in [0.25, 0.3) is 0 Å². The van der Waals surface area contributed by atoms with Crippen molar-refractivity contribution in [1.82, 2.24) is 0 Å². The lowest BCUT2D eigenvalue weighted by atomic mass is 9.99. The van der Waals surface area contributed by atoms with E-state index in [-0.39, 0.29) is 18.1 Å². The minimum absolute atomic E-state index is 0.0238. The van der Waals surface area contributed by atoms with E-state index in [0.29, 0.717) is 10.0 Å². The third kappa shape index (κ3) is 4.60. The number of hydrogen-bond acceptors (Lipinski definition) is 1. The molecule has 0 aliphatic rings. The van der Waals surface area contributed by atoms with Crippen molar-refractivity contribution in [2.45, 2.75) is 31.3 Å². The molecule has 0 saturated heterocycles. The summed E-state index contributed by atoms with van der Waals surface area (Å²) in [6, 6.07) is 3.45. The second-order valence-electron chi connectivity index (χ2n) is 4.53. The van der Waals surface area contributed by atoms with Crippen LogP contribution in [0.2, 0.25) is 0 Å². The molecule has 0 N–H and O–H groups in total. The molecular formula is C13H13Br2F3O. The summed E-state index contributed by atoms with van der Waals surface area (Å²) in [5.74, 6) is -0.182. The number of halogens is 5. The molecule has 6 heteroatoms. The van der Waals surface area contributed by atoms with E-state index < -0.39 is 16.6 Å². The highest BCUT2D eigenvalue weighted by atomic mass is 79.9. The molecule has 0 aliphatic heterocycles. The van der Waals surface area contributed by atoms with Crippen LogP contribution >= 0.6 is 31.9 Å². The predicted molar refractivity (Wildman–Crippen MR) is 75.4 cm³/mol. The summed E-state index contributed by atoms with van der Waals surface area (Å²) in [6.07, 6.45) is -4.15. The maximum Gasteiger partial charge on any atom is 0.416 e. The van der Waals surface area contributed by atoms with E-state index in [4.69, 9.17) is 0 Å². The Hall–Kier alpha value is -0.360. The normalized spacial score (nSPS) is 13.7. The second kappa shape index (κ2) is 6.39. The third-order valence-corrected chi connectivity index (χ3v) is 4.20. The fourth-order valence-electron chi connectivity index (χ4n) is 1.56. The van der Waals surface area contributed by atoms with Gasteiger partial charge in [-0.05, 0) is 30.2 Å². The predicted octanol–water partition coefficient (Wildman–Crippen LogP) is 5.00. The Morgan fingerprint density at radius 1 is 1.32 bits per heavy atom. The van der Waals surface area contributed by atoms with Gasteiger partial charge in [-0.3, -0.25) is 4.79 Å². The highest BCUT2D eigenvalue weighted by molar-refractivity contribution is 9.10. The fraction of sp³-hybridized carbons (Fsp3) is 0.462. The molecular weight excluding hydrogens is 389 g/mol. The number of alkyl halides is 4. The monoisotopic (exact) mass is 400 g/mol. The first-order chi connectivity index (χ1) is 8.62. The molecule has 1 nitrogen and oxygen atoms in total. The third-order valence-electron chi connectivity index (χ3n) is 2.65. The van der Waals surface area contributed by atoms with Crippen molar-refractivity contribution in [1.29, 1.82) is 0 Å². The quantitative estimate of drug-likeness (QED) is 0.649. The zero-order chi connectivity index (χ0) is 14.8. The standard InChI is InChI=1S/C13H13Br2F3O/c1-7(2)12(19)11(15)6-8-5-9(13(16,17)18)3-4-10(8)14/h3-5,7,11H,6H2,1-2H3. The minimum atomic E-state index is -4.38. The summed E-state index contributed by atoms with van der Waals surface area (Å²) >= 11 is 6.45. The van der Waals surface area contributed by atoms with Crippen LogP contribution in [-0.2, 0) is 17.4 Å². The molecule has 0 radical (unpaired) electrons. The van der Waals surface area contributed by atoms with E-state index in [1.165, 1.54) is 6.07 Å². The molecule has 1 rings (SSSR count). The number of ketones is 1. The highest BCUT2D eigenvalue weighted by Gasteiger charge is 2.31. The SMILES string of the molecule is CC(C)C(=O)C(Br)Cc1cc(C(F)(F)F)ccc1Br. The summed E-state index contributed by atoms with van der Waals surface area (Å²) in [6.45, 7) is 3.52. The topological polar surface area (TPSA) is 17.1 Å². The van der Waals surface area contributed by atoms with Crippen molar-refractivity contribution in [3.63, 3.8) is 0 Å². The average molecular weight is 402 g/mol. The molecule has 1 unspecified atom stereocenters. The van der Waals surface area contributed by atoms with Crippen LogP contribution in [0.1, 0.15) is 25.0 Å². The Morgan fingerprint density at radius 2 is 1.89 bits per heavy atom. The number of rotatable bonds is 4. The summed E-state index contributed by atoms with van der Waals surface area (Å²) in [4.78, 5) is 11.3. The summed E-state index contributed by atoms with van der Waals surface area (Å²) in [7, 11) is 0. The van der Waals surface area contributed by atoms with Gasteiger partial charge in [-0.1, -0.05) is 45.7 Å². The van der Waals surface area contributed by atoms with Crippen LogP contribution in [0.15, 0.2) is 22.7 Å². The molecule has 19 heavy (non-hydrogen) atoms. The smallest absolute Gasteiger partial charge is 0.298 e. The Morgan fingerprint density at radius 3 is 2.37 bits per heavy atom. The average Bonchev–Trinajstić information content (AvgIpc) is 2.29. The molecule has 0 heterocycles. The van der Waals surface area contributed by atoms with Gasteiger partial charge in [-0.25, -0.2) is 0 Å². The number of Topliss-reactive ketones (excluding diaryl/α,β-unsaturated/α-hetero) is 1. The van der Waals surface area contributed by atoms with Crippen LogP contribution < -0.4 is 0 Å². The van der Waals surface area contributed by atoms with Crippen molar-refractivity contribution in [2.75, 3.05) is 0 Å². The van der Waals surface area contributed by atoms with Crippen LogP contribution in [0.3, 0.4) is 0 Å². The molecule has 106 valence electrons. The van der Waals surface area contributed by atoms with Gasteiger partial charge in [0.15, 0.2) is 0 Å². The van der Waals surface area contributed by atoms with Crippen molar-refractivity contribution in [2.24, 2.45) is 5.92 Å². The molecule has 0 fully saturated rings. The summed E-state index contributed by atoms with van der Waals surface area (Å²) < 4.78 is 38.5. The van der Waals surface area contributed by atoms with Crippen molar-refractivity contribution >= 4 is 37.6 Å². The van der Waals surface area contributed by atoms with Crippen molar-refractivity contribution < 1.29 is 18.0 Å². The zero-order valence-electron chi connectivity index (χ0n) is 10.4. The van der Waals surface area contributed by atoms with Gasteiger partial charge in [0.05, 0.1) is 10.4 Å². The van der Waals surface area contributed by atoms with Crippen LogP contribution in [0.25, 0.3) is 0 Å². The molecule has 0 aliphatic carbocycles. The fourth-order valence-corrected chi connectivity index (χ4v) is 2.85. The van der Waals surface area contributed by atoms with Gasteiger partial charge in [0.1, 0.15) is 5.78 Å². The first-order valence-electron chi connectivity index (χ1n) is 5.66. The Kier molecular flexibility index (Phi) is 5.62. The molecule has 1 aromatic carbocycles. The number of carbonyl (C=O) groups excluding carboxylic acids is 1. The molecule has 1 atom stereocenters. The lowest BCUT2D eigenvalue weighted by molar-refractivity contribution is -0.137. The molecule has 0 spiro atoms. The van der Waals surface area contributed by atoms with E-state index in [9.17, 15) is 18.0 Å². The van der Waals surface area contributed by atoms with Crippen molar-refractivity contribution in [3.05, 3.63) is 33.8 Å². The van der Waals surface area contributed by atoms with E-state index >= 15 is 0 Å².